The van der Waals surface area contributed by atoms with E-state index in [1.165, 1.54) is 43.5 Å². The molecular formula is C34H24N2O2. The number of carbonyl (C=O) groups is 2. The van der Waals surface area contributed by atoms with Gasteiger partial charge >= 0.3 is 0 Å². The van der Waals surface area contributed by atoms with Crippen LogP contribution in [0.5, 0.6) is 0 Å². The molecule has 3 heterocycles. The number of imide groups is 1. The fourth-order valence-corrected chi connectivity index (χ4v) is 6.79. The molecule has 0 saturated heterocycles. The van der Waals surface area contributed by atoms with Gasteiger partial charge in [0, 0.05) is 39.7 Å². The van der Waals surface area contributed by atoms with E-state index in [1.54, 1.807) is 7.05 Å². The van der Waals surface area contributed by atoms with Crippen molar-refractivity contribution in [3.8, 4) is 16.8 Å². The smallest absolute Gasteiger partial charge is 0.261 e. The first kappa shape index (κ1) is 21.4. The van der Waals surface area contributed by atoms with Crippen molar-refractivity contribution in [2.24, 2.45) is 0 Å². The number of carbonyl (C=O) groups excluding carboxylic acids is 2. The Labute approximate surface area is 219 Å². The number of hydrogen-bond donors (Lipinski definition) is 0. The third-order valence-corrected chi connectivity index (χ3v) is 8.70. The van der Waals surface area contributed by atoms with Crippen LogP contribution in [0.25, 0.3) is 49.4 Å². The van der Waals surface area contributed by atoms with E-state index in [2.05, 4.69) is 79.1 Å². The lowest BCUT2D eigenvalue weighted by molar-refractivity contribution is 0.0650. The van der Waals surface area contributed by atoms with Gasteiger partial charge < -0.3 is 4.57 Å². The van der Waals surface area contributed by atoms with Crippen LogP contribution in [0.1, 0.15) is 45.7 Å². The maximum absolute atomic E-state index is 12.9. The van der Waals surface area contributed by atoms with E-state index in [1.807, 2.05) is 30.3 Å². The van der Waals surface area contributed by atoms with Crippen LogP contribution in [0.3, 0.4) is 0 Å². The van der Waals surface area contributed by atoms with Crippen LogP contribution in [-0.2, 0) is 5.41 Å². The van der Waals surface area contributed by atoms with Gasteiger partial charge in [-0.05, 0) is 58.0 Å². The van der Waals surface area contributed by atoms with Crippen LogP contribution >= 0.6 is 0 Å². The van der Waals surface area contributed by atoms with Gasteiger partial charge in [-0.2, -0.15) is 0 Å². The largest absolute Gasteiger partial charge is 0.309 e. The molecule has 2 aliphatic rings. The average molecular weight is 493 g/mol. The number of fused-ring (bicyclic) bond motifs is 5. The average Bonchev–Trinajstić information content (AvgIpc) is 3.28. The molecule has 0 fully saturated rings. The Bertz CT molecular complexity index is 2040. The van der Waals surface area contributed by atoms with Gasteiger partial charge in [0.1, 0.15) is 0 Å². The fourth-order valence-electron chi connectivity index (χ4n) is 6.79. The van der Waals surface area contributed by atoms with Crippen molar-refractivity contribution >= 4 is 44.4 Å². The molecule has 0 bridgehead atoms. The molecule has 5 aromatic carbocycles. The molecule has 38 heavy (non-hydrogen) atoms. The van der Waals surface area contributed by atoms with Crippen molar-refractivity contribution in [2.45, 2.75) is 19.3 Å². The van der Waals surface area contributed by atoms with Crippen molar-refractivity contribution in [1.82, 2.24) is 9.47 Å². The summed E-state index contributed by atoms with van der Waals surface area (Å²) in [5, 5.41) is 4.22. The van der Waals surface area contributed by atoms with Gasteiger partial charge in [-0.3, -0.25) is 14.5 Å². The van der Waals surface area contributed by atoms with E-state index in [-0.39, 0.29) is 17.2 Å². The molecule has 0 atom stereocenters. The zero-order valence-corrected chi connectivity index (χ0v) is 21.4. The summed E-state index contributed by atoms with van der Waals surface area (Å²) in [5.74, 6) is -0.506. The number of rotatable bonds is 1. The Balaban J connectivity index is 1.43. The number of amides is 2. The van der Waals surface area contributed by atoms with E-state index in [4.69, 9.17) is 0 Å². The summed E-state index contributed by atoms with van der Waals surface area (Å²) in [6, 6.07) is 31.6. The lowest BCUT2D eigenvalue weighted by Gasteiger charge is -2.35. The molecule has 4 nitrogen and oxygen atoms in total. The summed E-state index contributed by atoms with van der Waals surface area (Å²) in [4.78, 5) is 27.1. The molecule has 0 aliphatic carbocycles. The van der Waals surface area contributed by atoms with Gasteiger partial charge in [0.05, 0.1) is 16.7 Å². The third-order valence-electron chi connectivity index (χ3n) is 8.70. The Morgan fingerprint density at radius 3 is 2.16 bits per heavy atom. The highest BCUT2D eigenvalue weighted by Gasteiger charge is 2.36. The second-order valence-corrected chi connectivity index (χ2v) is 11.0. The summed E-state index contributed by atoms with van der Waals surface area (Å²) in [7, 11) is 1.55. The van der Waals surface area contributed by atoms with Gasteiger partial charge in [-0.15, -0.1) is 0 Å². The summed E-state index contributed by atoms with van der Waals surface area (Å²) in [6.07, 6.45) is 0. The number of hydrogen-bond acceptors (Lipinski definition) is 2. The molecule has 0 saturated carbocycles. The molecule has 1 aromatic heterocycles. The summed E-state index contributed by atoms with van der Waals surface area (Å²) < 4.78 is 2.41. The molecule has 0 spiro atoms. The van der Waals surface area contributed by atoms with Gasteiger partial charge in [-0.25, -0.2) is 0 Å². The lowest BCUT2D eigenvalue weighted by atomic mass is 9.74. The van der Waals surface area contributed by atoms with Crippen LogP contribution in [0.4, 0.5) is 0 Å². The maximum Gasteiger partial charge on any atom is 0.261 e. The predicted octanol–water partition coefficient (Wildman–Crippen LogP) is 7.47. The topological polar surface area (TPSA) is 42.3 Å². The van der Waals surface area contributed by atoms with Gasteiger partial charge in [0.25, 0.3) is 11.8 Å². The van der Waals surface area contributed by atoms with Gasteiger partial charge in [0.15, 0.2) is 0 Å². The van der Waals surface area contributed by atoms with Crippen molar-refractivity contribution < 1.29 is 9.59 Å². The zero-order chi connectivity index (χ0) is 25.9. The van der Waals surface area contributed by atoms with E-state index in [9.17, 15) is 9.59 Å². The highest BCUT2D eigenvalue weighted by atomic mass is 16.2. The molecule has 6 aromatic rings. The first-order valence-electron chi connectivity index (χ1n) is 12.9. The second-order valence-electron chi connectivity index (χ2n) is 11.0. The Morgan fingerprint density at radius 2 is 1.32 bits per heavy atom. The van der Waals surface area contributed by atoms with Crippen molar-refractivity contribution in [1.29, 1.82) is 0 Å². The Kier molecular flexibility index (Phi) is 3.93. The van der Waals surface area contributed by atoms with E-state index in [0.29, 0.717) is 11.1 Å². The van der Waals surface area contributed by atoms with Gasteiger partial charge in [0.2, 0.25) is 0 Å². The predicted molar refractivity (Wildman–Crippen MR) is 152 cm³/mol. The van der Waals surface area contributed by atoms with Crippen LogP contribution in [0.15, 0.2) is 91.0 Å². The summed E-state index contributed by atoms with van der Waals surface area (Å²) >= 11 is 0. The maximum atomic E-state index is 12.9. The molecule has 0 radical (unpaired) electrons. The number of benzene rings is 5. The SMILES string of the molecule is CN1C(=O)c2cccc3c(-c4ccc5c(c4)C(C)(C)c4cccc6c7ccccc7n-5c46)ccc(c23)C1=O. The number of para-hydroxylation sites is 2. The highest BCUT2D eigenvalue weighted by Crippen LogP contribution is 2.48. The Morgan fingerprint density at radius 1 is 0.632 bits per heavy atom. The standard InChI is InChI=1S/C34H24N2O2/c1-34(2)26-12-7-10-23-21-8-4-5-13-28(21)36(31(23)26)29-17-14-19(18-27(29)34)20-15-16-25-30-22(20)9-6-11-24(30)32(37)35(3)33(25)38/h4-18H,1-3H3. The normalized spacial score (nSPS) is 15.5. The van der Waals surface area contributed by atoms with E-state index < -0.39 is 0 Å². The van der Waals surface area contributed by atoms with Gasteiger partial charge in [-0.1, -0.05) is 74.5 Å². The molecule has 2 aliphatic heterocycles. The van der Waals surface area contributed by atoms with Crippen LogP contribution < -0.4 is 0 Å². The molecular weight excluding hydrogens is 468 g/mol. The fraction of sp³-hybridized carbons (Fsp3) is 0.118. The molecule has 182 valence electrons. The minimum absolute atomic E-state index is 0.212. The molecule has 0 unspecified atom stereocenters. The van der Waals surface area contributed by atoms with Crippen molar-refractivity contribution in [3.05, 3.63) is 113 Å². The first-order valence-corrected chi connectivity index (χ1v) is 12.9. The highest BCUT2D eigenvalue weighted by molar-refractivity contribution is 6.26. The molecule has 2 amide bonds. The van der Waals surface area contributed by atoms with E-state index >= 15 is 0 Å². The lowest BCUT2D eigenvalue weighted by Crippen LogP contribution is -2.36. The van der Waals surface area contributed by atoms with Crippen LogP contribution in [0.2, 0.25) is 0 Å². The zero-order valence-electron chi connectivity index (χ0n) is 21.4. The Hall–Kier alpha value is -4.70. The molecule has 4 heteroatoms. The number of nitrogens with zero attached hydrogens (tertiary/aromatic N) is 2. The third kappa shape index (κ3) is 2.45. The first-order chi connectivity index (χ1) is 18.4. The van der Waals surface area contributed by atoms with Crippen LogP contribution in [0, 0.1) is 0 Å². The summed E-state index contributed by atoms with van der Waals surface area (Å²) in [6.45, 7) is 4.60. The second kappa shape index (κ2) is 6.99. The monoisotopic (exact) mass is 492 g/mol. The van der Waals surface area contributed by atoms with Crippen molar-refractivity contribution in [3.63, 3.8) is 0 Å². The minimum atomic E-state index is -0.253. The summed E-state index contributed by atoms with van der Waals surface area (Å²) in [5.41, 5.74) is 9.29. The molecule has 8 rings (SSSR count). The van der Waals surface area contributed by atoms with Crippen molar-refractivity contribution in [2.75, 3.05) is 7.05 Å². The quantitative estimate of drug-likeness (QED) is 0.224. The minimum Gasteiger partial charge on any atom is -0.309 e. The molecule has 0 N–H and O–H groups in total. The van der Waals surface area contributed by atoms with E-state index in [0.717, 1.165) is 21.9 Å². The van der Waals surface area contributed by atoms with Crippen LogP contribution in [-0.4, -0.2) is 28.3 Å². The number of aromatic nitrogens is 1.